The molecule has 0 aliphatic rings. The van der Waals surface area contributed by atoms with E-state index in [1.54, 1.807) is 0 Å². The van der Waals surface area contributed by atoms with Crippen molar-refractivity contribution in [2.75, 3.05) is 18.5 Å². The zero-order chi connectivity index (χ0) is 13.5. The predicted octanol–water partition coefficient (Wildman–Crippen LogP) is 1.79. The van der Waals surface area contributed by atoms with Gasteiger partial charge >= 0.3 is 0 Å². The van der Waals surface area contributed by atoms with Crippen LogP contribution in [-0.2, 0) is 6.54 Å². The van der Waals surface area contributed by atoms with Crippen molar-refractivity contribution < 1.29 is 5.11 Å². The highest BCUT2D eigenvalue weighted by Gasteiger charge is 2.09. The number of anilines is 1. The number of nitrogens with zero attached hydrogens (tertiary/aromatic N) is 2. The van der Waals surface area contributed by atoms with Gasteiger partial charge in [-0.05, 0) is 19.4 Å². The zero-order valence-electron chi connectivity index (χ0n) is 11.8. The second-order valence-corrected chi connectivity index (χ2v) is 5.08. The average molecular weight is 251 g/mol. The van der Waals surface area contributed by atoms with Gasteiger partial charge < -0.3 is 15.3 Å². The molecule has 0 aliphatic carbocycles. The van der Waals surface area contributed by atoms with Crippen molar-refractivity contribution in [3.8, 4) is 0 Å². The smallest absolute Gasteiger partial charge is 0.132 e. The first-order valence-electron chi connectivity index (χ1n) is 6.57. The monoisotopic (exact) mass is 251 g/mol. The Morgan fingerprint density at radius 1 is 1.39 bits per heavy atom. The molecule has 0 bridgehead atoms. The van der Waals surface area contributed by atoms with E-state index in [0.717, 1.165) is 25.3 Å². The Balaban J connectivity index is 2.68. The molecule has 0 spiro atoms. The maximum atomic E-state index is 9.33. The molecule has 1 aromatic rings. The van der Waals surface area contributed by atoms with Gasteiger partial charge in [-0.3, -0.25) is 0 Å². The molecule has 0 fully saturated rings. The third-order valence-electron chi connectivity index (χ3n) is 2.81. The van der Waals surface area contributed by atoms with E-state index >= 15 is 0 Å². The minimum absolute atomic E-state index is 0.270. The fraction of sp³-hybridized carbons (Fsp3) is 0.643. The fourth-order valence-corrected chi connectivity index (χ4v) is 1.71. The van der Waals surface area contributed by atoms with Crippen molar-refractivity contribution in [3.05, 3.63) is 23.9 Å². The van der Waals surface area contributed by atoms with Crippen LogP contribution in [0.4, 0.5) is 5.82 Å². The van der Waals surface area contributed by atoms with Crippen molar-refractivity contribution in [1.82, 2.24) is 10.3 Å². The van der Waals surface area contributed by atoms with Crippen LogP contribution < -0.4 is 10.2 Å². The second-order valence-electron chi connectivity index (χ2n) is 5.08. The second kappa shape index (κ2) is 7.34. The fourth-order valence-electron chi connectivity index (χ4n) is 1.71. The van der Waals surface area contributed by atoms with Gasteiger partial charge in [0.05, 0.1) is 6.10 Å². The molecule has 102 valence electrons. The minimum atomic E-state index is -0.270. The third kappa shape index (κ3) is 5.02. The van der Waals surface area contributed by atoms with E-state index in [1.165, 1.54) is 5.56 Å². The molecule has 1 rings (SSSR count). The van der Waals surface area contributed by atoms with Crippen LogP contribution in [0, 0.1) is 0 Å². The summed E-state index contributed by atoms with van der Waals surface area (Å²) in [6, 6.07) is 4.51. The molecule has 0 saturated carbocycles. The van der Waals surface area contributed by atoms with Crippen LogP contribution in [0.1, 0.15) is 32.8 Å². The van der Waals surface area contributed by atoms with Gasteiger partial charge in [0, 0.05) is 37.9 Å². The molecule has 4 heteroatoms. The van der Waals surface area contributed by atoms with E-state index < -0.39 is 0 Å². The molecule has 1 atom stereocenters. The Kier molecular flexibility index (Phi) is 6.09. The predicted molar refractivity (Wildman–Crippen MR) is 75.8 cm³/mol. The highest BCUT2D eigenvalue weighted by molar-refractivity contribution is 5.45. The van der Waals surface area contributed by atoms with E-state index in [4.69, 9.17) is 0 Å². The lowest BCUT2D eigenvalue weighted by Gasteiger charge is -2.22. The normalized spacial score (nSPS) is 12.8. The van der Waals surface area contributed by atoms with Crippen LogP contribution in [0.5, 0.6) is 0 Å². The Bertz CT molecular complexity index is 353. The van der Waals surface area contributed by atoms with Gasteiger partial charge in [-0.25, -0.2) is 4.98 Å². The zero-order valence-corrected chi connectivity index (χ0v) is 11.8. The number of nitrogens with one attached hydrogen (secondary N) is 1. The van der Waals surface area contributed by atoms with Crippen molar-refractivity contribution in [3.63, 3.8) is 0 Å². The Labute approximate surface area is 110 Å². The Morgan fingerprint density at radius 3 is 2.72 bits per heavy atom. The molecule has 0 aromatic carbocycles. The van der Waals surface area contributed by atoms with Gasteiger partial charge in [-0.1, -0.05) is 19.9 Å². The molecule has 1 aromatic heterocycles. The molecule has 1 unspecified atom stereocenters. The molecule has 0 saturated heterocycles. The summed E-state index contributed by atoms with van der Waals surface area (Å²) < 4.78 is 0. The van der Waals surface area contributed by atoms with Crippen molar-refractivity contribution >= 4 is 5.82 Å². The summed E-state index contributed by atoms with van der Waals surface area (Å²) in [5.74, 6) is 0.992. The van der Waals surface area contributed by atoms with Gasteiger partial charge in [0.25, 0.3) is 0 Å². The van der Waals surface area contributed by atoms with Gasteiger partial charge in [-0.2, -0.15) is 0 Å². The number of hydrogen-bond donors (Lipinski definition) is 2. The highest BCUT2D eigenvalue weighted by Crippen LogP contribution is 2.16. The number of aromatic nitrogens is 1. The maximum Gasteiger partial charge on any atom is 0.132 e. The lowest BCUT2D eigenvalue weighted by atomic mass is 10.2. The molecule has 0 aliphatic heterocycles. The van der Waals surface area contributed by atoms with E-state index in [9.17, 15) is 5.11 Å². The average Bonchev–Trinajstić information content (AvgIpc) is 2.33. The summed E-state index contributed by atoms with van der Waals surface area (Å²) in [7, 11) is 2.02. The Hall–Kier alpha value is -1.13. The van der Waals surface area contributed by atoms with Gasteiger partial charge in [0.15, 0.2) is 0 Å². The molecular weight excluding hydrogens is 226 g/mol. The molecule has 1 heterocycles. The van der Waals surface area contributed by atoms with Crippen molar-refractivity contribution in [2.24, 2.45) is 0 Å². The highest BCUT2D eigenvalue weighted by atomic mass is 16.3. The lowest BCUT2D eigenvalue weighted by molar-refractivity contribution is 0.187. The number of pyridine rings is 1. The topological polar surface area (TPSA) is 48.4 Å². The van der Waals surface area contributed by atoms with Gasteiger partial charge in [0.1, 0.15) is 5.82 Å². The molecular formula is C14H25N3O. The third-order valence-corrected chi connectivity index (χ3v) is 2.81. The number of rotatable bonds is 7. The summed E-state index contributed by atoms with van der Waals surface area (Å²) in [4.78, 5) is 6.54. The van der Waals surface area contributed by atoms with E-state index in [0.29, 0.717) is 6.04 Å². The van der Waals surface area contributed by atoms with Gasteiger partial charge in [0.2, 0.25) is 0 Å². The lowest BCUT2D eigenvalue weighted by Crippen LogP contribution is -2.27. The standard InChI is InChI=1S/C14H25N3O/c1-11(2)16-10-13-6-5-8-15-14(13)17(4)9-7-12(3)18/h5-6,8,11-12,16,18H,7,9-10H2,1-4H3. The molecule has 0 radical (unpaired) electrons. The summed E-state index contributed by atoms with van der Waals surface area (Å²) in [6.07, 6.45) is 2.30. The van der Waals surface area contributed by atoms with Crippen LogP contribution >= 0.6 is 0 Å². The number of hydrogen-bond acceptors (Lipinski definition) is 4. The van der Waals surface area contributed by atoms with Crippen LogP contribution in [0.2, 0.25) is 0 Å². The van der Waals surface area contributed by atoms with E-state index in [1.807, 2.05) is 26.2 Å². The summed E-state index contributed by atoms with van der Waals surface area (Å²) in [6.45, 7) is 7.71. The summed E-state index contributed by atoms with van der Waals surface area (Å²) in [5.41, 5.74) is 1.19. The first-order chi connectivity index (χ1) is 8.50. The largest absolute Gasteiger partial charge is 0.393 e. The van der Waals surface area contributed by atoms with E-state index in [2.05, 4.69) is 35.1 Å². The number of aliphatic hydroxyl groups excluding tert-OH is 1. The van der Waals surface area contributed by atoms with Gasteiger partial charge in [-0.15, -0.1) is 0 Å². The van der Waals surface area contributed by atoms with Crippen LogP contribution in [0.3, 0.4) is 0 Å². The molecule has 18 heavy (non-hydrogen) atoms. The molecule has 2 N–H and O–H groups in total. The van der Waals surface area contributed by atoms with Crippen molar-refractivity contribution in [1.29, 1.82) is 0 Å². The SMILES string of the molecule is CC(O)CCN(C)c1ncccc1CNC(C)C. The quantitative estimate of drug-likeness (QED) is 0.775. The maximum absolute atomic E-state index is 9.33. The Morgan fingerprint density at radius 2 is 2.11 bits per heavy atom. The minimum Gasteiger partial charge on any atom is -0.393 e. The first-order valence-corrected chi connectivity index (χ1v) is 6.57. The van der Waals surface area contributed by atoms with Crippen LogP contribution in [-0.4, -0.2) is 35.8 Å². The van der Waals surface area contributed by atoms with Crippen LogP contribution in [0.25, 0.3) is 0 Å². The van der Waals surface area contributed by atoms with E-state index in [-0.39, 0.29) is 6.10 Å². The first kappa shape index (κ1) is 14.9. The summed E-state index contributed by atoms with van der Waals surface area (Å²) in [5, 5.41) is 12.7. The van der Waals surface area contributed by atoms with Crippen molar-refractivity contribution in [2.45, 2.75) is 45.9 Å². The number of aliphatic hydroxyl groups is 1. The summed E-state index contributed by atoms with van der Waals surface area (Å²) >= 11 is 0. The molecule has 0 amide bonds. The van der Waals surface area contributed by atoms with Crippen LogP contribution in [0.15, 0.2) is 18.3 Å². The molecule has 4 nitrogen and oxygen atoms in total.